The number of hydrogen-bond acceptors (Lipinski definition) is 3. The first kappa shape index (κ1) is 8.74. The van der Waals surface area contributed by atoms with Crippen LogP contribution in [0.25, 0.3) is 16.7 Å². The summed E-state index contributed by atoms with van der Waals surface area (Å²) in [6, 6.07) is 11.5. The molecular weight excluding hydrogens is 200 g/mol. The summed E-state index contributed by atoms with van der Waals surface area (Å²) in [7, 11) is 0. The Balaban J connectivity index is 2.57. The van der Waals surface area contributed by atoms with Crippen molar-refractivity contribution in [3.63, 3.8) is 0 Å². The molecule has 2 heterocycles. The van der Waals surface area contributed by atoms with Gasteiger partial charge in [0.2, 0.25) is 0 Å². The summed E-state index contributed by atoms with van der Waals surface area (Å²) in [5, 5.41) is 8.89. The van der Waals surface area contributed by atoms with Gasteiger partial charge in [-0.05, 0) is 18.2 Å². The number of imidazole rings is 1. The molecule has 2 N–H and O–H groups in total. The Morgan fingerprint density at radius 1 is 1.31 bits per heavy atom. The fourth-order valence-corrected chi connectivity index (χ4v) is 1.85. The highest BCUT2D eigenvalue weighted by Crippen LogP contribution is 2.21. The van der Waals surface area contributed by atoms with Gasteiger partial charge in [-0.1, -0.05) is 12.1 Å². The van der Waals surface area contributed by atoms with Crippen LogP contribution in [0.3, 0.4) is 0 Å². The molecule has 1 aromatic carbocycles. The van der Waals surface area contributed by atoms with Gasteiger partial charge >= 0.3 is 0 Å². The minimum atomic E-state index is 0.523. The Kier molecular flexibility index (Phi) is 1.62. The maximum absolute atomic E-state index is 8.89. The molecular formula is C12H8N4. The van der Waals surface area contributed by atoms with E-state index in [9.17, 15) is 0 Å². The van der Waals surface area contributed by atoms with Crippen molar-refractivity contribution < 1.29 is 0 Å². The molecule has 0 amide bonds. The van der Waals surface area contributed by atoms with Gasteiger partial charge in [0.1, 0.15) is 6.07 Å². The maximum atomic E-state index is 8.89. The number of rotatable bonds is 0. The van der Waals surface area contributed by atoms with Crippen LogP contribution in [-0.2, 0) is 0 Å². The molecule has 0 aliphatic carbocycles. The summed E-state index contributed by atoms with van der Waals surface area (Å²) in [5.41, 5.74) is 9.45. The topological polar surface area (TPSA) is 67.1 Å². The van der Waals surface area contributed by atoms with E-state index >= 15 is 0 Å². The number of aromatic nitrogens is 2. The van der Waals surface area contributed by atoms with Gasteiger partial charge in [-0.15, -0.1) is 0 Å². The van der Waals surface area contributed by atoms with Gasteiger partial charge in [0.15, 0.2) is 5.65 Å². The zero-order valence-electron chi connectivity index (χ0n) is 8.38. The van der Waals surface area contributed by atoms with E-state index in [1.54, 1.807) is 12.3 Å². The molecule has 0 fully saturated rings. The Morgan fingerprint density at radius 3 is 2.94 bits per heavy atom. The van der Waals surface area contributed by atoms with Crippen molar-refractivity contribution in [2.45, 2.75) is 0 Å². The number of anilines is 1. The molecule has 0 saturated carbocycles. The maximum Gasteiger partial charge on any atom is 0.161 e. The first-order chi connectivity index (χ1) is 7.79. The van der Waals surface area contributed by atoms with Gasteiger partial charge in [-0.25, -0.2) is 4.98 Å². The Labute approximate surface area is 91.5 Å². The third-order valence-corrected chi connectivity index (χ3v) is 2.56. The van der Waals surface area contributed by atoms with Crippen LogP contribution in [0.1, 0.15) is 5.56 Å². The lowest BCUT2D eigenvalue weighted by Gasteiger charge is -1.99. The molecule has 0 bridgehead atoms. The molecule has 76 valence electrons. The Hall–Kier alpha value is -2.54. The number of benzene rings is 1. The minimum Gasteiger partial charge on any atom is -0.396 e. The number of nitrogens with zero attached hydrogens (tertiary/aromatic N) is 3. The third kappa shape index (κ3) is 1.06. The van der Waals surface area contributed by atoms with Crippen LogP contribution in [0.4, 0.5) is 5.69 Å². The molecule has 0 aliphatic heterocycles. The third-order valence-electron chi connectivity index (χ3n) is 2.56. The van der Waals surface area contributed by atoms with E-state index < -0.39 is 0 Å². The van der Waals surface area contributed by atoms with Crippen LogP contribution in [-0.4, -0.2) is 9.38 Å². The monoisotopic (exact) mass is 208 g/mol. The minimum absolute atomic E-state index is 0.523. The van der Waals surface area contributed by atoms with Crippen molar-refractivity contribution in [2.24, 2.45) is 0 Å². The van der Waals surface area contributed by atoms with Crippen LogP contribution >= 0.6 is 0 Å². The number of hydrogen-bond donors (Lipinski definition) is 1. The van der Waals surface area contributed by atoms with E-state index in [4.69, 9.17) is 11.0 Å². The van der Waals surface area contributed by atoms with Crippen LogP contribution in [0.2, 0.25) is 0 Å². The molecule has 0 atom stereocenters. The Bertz CT molecular complexity index is 734. The van der Waals surface area contributed by atoms with E-state index in [1.807, 2.05) is 28.7 Å². The highest BCUT2D eigenvalue weighted by atomic mass is 15.0. The lowest BCUT2D eigenvalue weighted by Crippen LogP contribution is -1.94. The number of nitrogens with two attached hydrogens (primary N) is 1. The standard InChI is InChI=1S/C12H8N4/c13-6-8-5-9(14)12-15-10-3-1-2-4-11(10)16(12)7-8/h1-5,7H,14H2. The molecule has 4 heteroatoms. The van der Waals surface area contributed by atoms with E-state index in [1.165, 1.54) is 0 Å². The smallest absolute Gasteiger partial charge is 0.161 e. The molecule has 2 aromatic heterocycles. The van der Waals surface area contributed by atoms with Gasteiger partial charge in [0, 0.05) is 6.20 Å². The van der Waals surface area contributed by atoms with Crippen molar-refractivity contribution in [1.29, 1.82) is 5.26 Å². The summed E-state index contributed by atoms with van der Waals surface area (Å²) in [6.07, 6.45) is 1.75. The van der Waals surface area contributed by atoms with Crippen molar-refractivity contribution in [2.75, 3.05) is 5.73 Å². The second-order valence-electron chi connectivity index (χ2n) is 3.59. The first-order valence-electron chi connectivity index (χ1n) is 4.86. The van der Waals surface area contributed by atoms with E-state index in [0.29, 0.717) is 16.9 Å². The number of nitriles is 1. The van der Waals surface area contributed by atoms with Crippen molar-refractivity contribution in [1.82, 2.24) is 9.38 Å². The highest BCUT2D eigenvalue weighted by molar-refractivity contribution is 5.84. The lowest BCUT2D eigenvalue weighted by atomic mass is 10.3. The zero-order valence-corrected chi connectivity index (χ0v) is 8.38. The fraction of sp³-hybridized carbons (Fsp3) is 0. The Morgan fingerprint density at radius 2 is 2.12 bits per heavy atom. The average Bonchev–Trinajstić information content (AvgIpc) is 2.68. The van der Waals surface area contributed by atoms with Crippen LogP contribution < -0.4 is 5.73 Å². The van der Waals surface area contributed by atoms with Crippen molar-refractivity contribution in [3.05, 3.63) is 42.1 Å². The number of fused-ring (bicyclic) bond motifs is 3. The molecule has 0 saturated heterocycles. The highest BCUT2D eigenvalue weighted by Gasteiger charge is 2.07. The average molecular weight is 208 g/mol. The molecule has 0 aliphatic rings. The predicted octanol–water partition coefficient (Wildman–Crippen LogP) is 1.94. The van der Waals surface area contributed by atoms with E-state index in [2.05, 4.69) is 11.1 Å². The second-order valence-corrected chi connectivity index (χ2v) is 3.59. The summed E-state index contributed by atoms with van der Waals surface area (Å²) in [4.78, 5) is 4.42. The fourth-order valence-electron chi connectivity index (χ4n) is 1.85. The van der Waals surface area contributed by atoms with Crippen molar-refractivity contribution in [3.8, 4) is 6.07 Å². The van der Waals surface area contributed by atoms with Gasteiger partial charge in [-0.3, -0.25) is 4.40 Å². The normalized spacial score (nSPS) is 10.7. The number of pyridine rings is 1. The van der Waals surface area contributed by atoms with Gasteiger partial charge in [-0.2, -0.15) is 5.26 Å². The summed E-state index contributed by atoms with van der Waals surface area (Å²) in [5.74, 6) is 0. The van der Waals surface area contributed by atoms with Crippen LogP contribution in [0, 0.1) is 11.3 Å². The second kappa shape index (κ2) is 2.97. The van der Waals surface area contributed by atoms with Gasteiger partial charge in [0.25, 0.3) is 0 Å². The number of para-hydroxylation sites is 2. The van der Waals surface area contributed by atoms with E-state index in [-0.39, 0.29) is 0 Å². The molecule has 4 nitrogen and oxygen atoms in total. The predicted molar refractivity (Wildman–Crippen MR) is 61.8 cm³/mol. The summed E-state index contributed by atoms with van der Waals surface area (Å²) in [6.45, 7) is 0. The van der Waals surface area contributed by atoms with Gasteiger partial charge in [0.05, 0.1) is 22.3 Å². The zero-order chi connectivity index (χ0) is 11.1. The molecule has 16 heavy (non-hydrogen) atoms. The largest absolute Gasteiger partial charge is 0.396 e. The lowest BCUT2D eigenvalue weighted by molar-refractivity contribution is 1.21. The molecule has 0 radical (unpaired) electrons. The van der Waals surface area contributed by atoms with Crippen LogP contribution in [0.5, 0.6) is 0 Å². The van der Waals surface area contributed by atoms with Crippen LogP contribution in [0.15, 0.2) is 36.5 Å². The SMILES string of the molecule is N#Cc1cc(N)c2nc3ccccc3n2c1. The first-order valence-corrected chi connectivity index (χ1v) is 4.86. The summed E-state index contributed by atoms with van der Waals surface area (Å²) < 4.78 is 1.85. The van der Waals surface area contributed by atoms with Gasteiger partial charge < -0.3 is 5.73 Å². The number of nitrogen functional groups attached to an aromatic ring is 1. The molecule has 3 rings (SSSR count). The van der Waals surface area contributed by atoms with E-state index in [0.717, 1.165) is 11.0 Å². The quantitative estimate of drug-likeness (QED) is 0.613. The molecule has 3 aromatic rings. The molecule has 0 spiro atoms. The van der Waals surface area contributed by atoms with Crippen molar-refractivity contribution >= 4 is 22.4 Å². The molecule has 0 unspecified atom stereocenters. The summed E-state index contributed by atoms with van der Waals surface area (Å²) >= 11 is 0.